The lowest BCUT2D eigenvalue weighted by molar-refractivity contribution is -0.146. The third-order valence-electron chi connectivity index (χ3n) is 11.9. The highest BCUT2D eigenvalue weighted by atomic mass is 16.5. The van der Waals surface area contributed by atoms with E-state index in [2.05, 4.69) is 53.7 Å². The summed E-state index contributed by atoms with van der Waals surface area (Å²) >= 11 is 0. The standard InChI is InChI=1S/C31H48O3/c1-20(10-9-11-21(2)27(33)34-8)22-14-18-31(7)24-12-13-25-28(3,4)26(32)16-17-29(25,5)23(24)15-19-30(22,31)6/h11-12,20,22-23,25H,9-10,13-19H2,1-8H3/t20-,22-,23-,25-,29+,30-,31+/m0/s1. The minimum absolute atomic E-state index is 0.195. The second kappa shape index (κ2) is 8.63. The Kier molecular flexibility index (Phi) is 6.52. The van der Waals surface area contributed by atoms with Crippen LogP contribution in [0, 0.1) is 45.3 Å². The highest BCUT2D eigenvalue weighted by Gasteiger charge is 2.65. The number of fused-ring (bicyclic) bond motifs is 5. The van der Waals surface area contributed by atoms with Crippen LogP contribution in [0.1, 0.15) is 106 Å². The molecule has 0 aromatic rings. The quantitative estimate of drug-likeness (QED) is 0.236. The normalized spacial score (nSPS) is 42.2. The van der Waals surface area contributed by atoms with Gasteiger partial charge in [-0.3, -0.25) is 4.79 Å². The molecular weight excluding hydrogens is 420 g/mol. The van der Waals surface area contributed by atoms with Gasteiger partial charge in [-0.1, -0.05) is 59.3 Å². The van der Waals surface area contributed by atoms with E-state index in [0.29, 0.717) is 29.0 Å². The zero-order chi connectivity index (χ0) is 25.1. The molecule has 4 aliphatic carbocycles. The predicted molar refractivity (Wildman–Crippen MR) is 138 cm³/mol. The van der Waals surface area contributed by atoms with Crippen molar-refractivity contribution in [2.75, 3.05) is 7.11 Å². The van der Waals surface area contributed by atoms with E-state index in [9.17, 15) is 9.59 Å². The van der Waals surface area contributed by atoms with Gasteiger partial charge in [0, 0.05) is 17.4 Å². The summed E-state index contributed by atoms with van der Waals surface area (Å²) in [5.41, 5.74) is 3.14. The molecule has 0 saturated heterocycles. The molecule has 3 heteroatoms. The van der Waals surface area contributed by atoms with Crippen molar-refractivity contribution >= 4 is 11.8 Å². The molecule has 0 bridgehead atoms. The van der Waals surface area contributed by atoms with E-state index in [-0.39, 0.29) is 22.2 Å². The Bertz CT molecular complexity index is 910. The number of allylic oxidation sites excluding steroid dienone is 3. The number of Topliss-reactive ketones (excluding diaryl/α,β-unsaturated/α-hetero) is 1. The molecule has 190 valence electrons. The summed E-state index contributed by atoms with van der Waals surface area (Å²) in [5, 5.41) is 0. The number of hydrogen-bond acceptors (Lipinski definition) is 3. The van der Waals surface area contributed by atoms with Gasteiger partial charge >= 0.3 is 5.97 Å². The molecule has 3 saturated carbocycles. The van der Waals surface area contributed by atoms with Crippen LogP contribution in [0.5, 0.6) is 0 Å². The zero-order valence-corrected chi connectivity index (χ0v) is 23.1. The molecule has 0 aromatic carbocycles. The molecular formula is C31H48O3. The van der Waals surface area contributed by atoms with Gasteiger partial charge in [0.25, 0.3) is 0 Å². The summed E-state index contributed by atoms with van der Waals surface area (Å²) in [7, 11) is 1.45. The Hall–Kier alpha value is -1.38. The molecule has 4 aliphatic rings. The molecule has 34 heavy (non-hydrogen) atoms. The second-order valence-corrected chi connectivity index (χ2v) is 13.5. The minimum atomic E-state index is -0.213. The molecule has 4 rings (SSSR count). The van der Waals surface area contributed by atoms with Gasteiger partial charge in [-0.15, -0.1) is 0 Å². The van der Waals surface area contributed by atoms with Gasteiger partial charge in [-0.25, -0.2) is 4.79 Å². The first-order valence-corrected chi connectivity index (χ1v) is 13.8. The van der Waals surface area contributed by atoms with Gasteiger partial charge in [-0.05, 0) is 98.2 Å². The van der Waals surface area contributed by atoms with Crippen molar-refractivity contribution in [1.82, 2.24) is 0 Å². The molecule has 0 aliphatic heterocycles. The molecule has 0 radical (unpaired) electrons. The van der Waals surface area contributed by atoms with Crippen molar-refractivity contribution in [2.45, 2.75) is 106 Å². The van der Waals surface area contributed by atoms with E-state index < -0.39 is 0 Å². The lowest BCUT2D eigenvalue weighted by atomic mass is 9.41. The Morgan fingerprint density at radius 2 is 1.85 bits per heavy atom. The number of methoxy groups -OCH3 is 1. The lowest BCUT2D eigenvalue weighted by Gasteiger charge is -2.63. The van der Waals surface area contributed by atoms with Gasteiger partial charge in [0.15, 0.2) is 0 Å². The van der Waals surface area contributed by atoms with Crippen molar-refractivity contribution in [3.05, 3.63) is 23.3 Å². The molecule has 0 heterocycles. The summed E-state index contributed by atoms with van der Waals surface area (Å²) in [4.78, 5) is 24.5. The molecule has 3 nitrogen and oxygen atoms in total. The van der Waals surface area contributed by atoms with Gasteiger partial charge in [-0.2, -0.15) is 0 Å². The summed E-state index contributed by atoms with van der Waals surface area (Å²) in [6.07, 6.45) is 14.8. The van der Waals surface area contributed by atoms with Crippen molar-refractivity contribution in [3.8, 4) is 0 Å². The van der Waals surface area contributed by atoms with Crippen molar-refractivity contribution in [2.24, 2.45) is 45.3 Å². The molecule has 0 aromatic heterocycles. The predicted octanol–water partition coefficient (Wildman–Crippen LogP) is 7.70. The number of ketones is 1. The van der Waals surface area contributed by atoms with Gasteiger partial charge < -0.3 is 4.74 Å². The largest absolute Gasteiger partial charge is 0.466 e. The first-order chi connectivity index (χ1) is 15.8. The second-order valence-electron chi connectivity index (χ2n) is 13.5. The summed E-state index contributed by atoms with van der Waals surface area (Å²) in [5.74, 6) is 2.74. The first-order valence-electron chi connectivity index (χ1n) is 13.8. The topological polar surface area (TPSA) is 43.4 Å². The molecule has 0 unspecified atom stereocenters. The Labute approximate surface area is 208 Å². The van der Waals surface area contributed by atoms with E-state index in [1.54, 1.807) is 5.57 Å². The zero-order valence-electron chi connectivity index (χ0n) is 23.1. The van der Waals surface area contributed by atoms with Gasteiger partial charge in [0.05, 0.1) is 7.11 Å². The Morgan fingerprint density at radius 3 is 2.53 bits per heavy atom. The molecule has 0 amide bonds. The van der Waals surface area contributed by atoms with Crippen LogP contribution in [-0.2, 0) is 14.3 Å². The number of rotatable bonds is 5. The molecule has 7 atom stereocenters. The van der Waals surface area contributed by atoms with Crippen LogP contribution in [-0.4, -0.2) is 18.9 Å². The van der Waals surface area contributed by atoms with Gasteiger partial charge in [0.1, 0.15) is 5.78 Å². The fourth-order valence-corrected chi connectivity index (χ4v) is 9.47. The van der Waals surface area contributed by atoms with Crippen LogP contribution in [0.25, 0.3) is 0 Å². The number of ether oxygens (including phenoxy) is 1. The van der Waals surface area contributed by atoms with E-state index in [1.165, 1.54) is 32.8 Å². The Balaban J connectivity index is 1.56. The first kappa shape index (κ1) is 25.7. The third-order valence-corrected chi connectivity index (χ3v) is 11.9. The van der Waals surface area contributed by atoms with Crippen LogP contribution >= 0.6 is 0 Å². The maximum absolute atomic E-state index is 12.8. The van der Waals surface area contributed by atoms with E-state index >= 15 is 0 Å². The number of carbonyl (C=O) groups excluding carboxylic acids is 2. The fourth-order valence-electron chi connectivity index (χ4n) is 9.47. The van der Waals surface area contributed by atoms with E-state index in [0.717, 1.165) is 43.6 Å². The average Bonchev–Trinajstić information content (AvgIpc) is 3.07. The van der Waals surface area contributed by atoms with Crippen LogP contribution in [0.3, 0.4) is 0 Å². The SMILES string of the molecule is COC(=O)C(C)=CCC[C@H](C)[C@@H]1CC[C@]2(C)C3=CC[C@H]4C(C)(C)C(=O)CC[C@]4(C)[C@H]3CC[C@@]12C. The summed E-state index contributed by atoms with van der Waals surface area (Å²) < 4.78 is 4.85. The van der Waals surface area contributed by atoms with Crippen molar-refractivity contribution < 1.29 is 14.3 Å². The van der Waals surface area contributed by atoms with Crippen molar-refractivity contribution in [1.29, 1.82) is 0 Å². The summed E-state index contributed by atoms with van der Waals surface area (Å²) in [6.45, 7) is 16.4. The van der Waals surface area contributed by atoms with Crippen LogP contribution in [0.15, 0.2) is 23.3 Å². The fraction of sp³-hybridized carbons (Fsp3) is 0.806. The Morgan fingerprint density at radius 1 is 1.15 bits per heavy atom. The minimum Gasteiger partial charge on any atom is -0.466 e. The highest BCUT2D eigenvalue weighted by Crippen LogP contribution is 2.73. The maximum atomic E-state index is 12.8. The average molecular weight is 469 g/mol. The molecule has 3 fully saturated rings. The van der Waals surface area contributed by atoms with E-state index in [4.69, 9.17) is 4.74 Å². The summed E-state index contributed by atoms with van der Waals surface area (Å²) in [6, 6.07) is 0. The smallest absolute Gasteiger partial charge is 0.333 e. The monoisotopic (exact) mass is 468 g/mol. The highest BCUT2D eigenvalue weighted by molar-refractivity contribution is 5.87. The number of esters is 1. The van der Waals surface area contributed by atoms with Crippen LogP contribution < -0.4 is 0 Å². The van der Waals surface area contributed by atoms with Crippen molar-refractivity contribution in [3.63, 3.8) is 0 Å². The van der Waals surface area contributed by atoms with Crippen LogP contribution in [0.4, 0.5) is 0 Å². The molecule has 0 spiro atoms. The van der Waals surface area contributed by atoms with Crippen LogP contribution in [0.2, 0.25) is 0 Å². The third kappa shape index (κ3) is 3.58. The maximum Gasteiger partial charge on any atom is 0.333 e. The van der Waals surface area contributed by atoms with Gasteiger partial charge in [0.2, 0.25) is 0 Å². The van der Waals surface area contributed by atoms with E-state index in [1.807, 2.05) is 6.92 Å². The number of carbonyl (C=O) groups is 2. The molecule has 0 N–H and O–H groups in total. The number of hydrogen-bond donors (Lipinski definition) is 0. The lowest BCUT2D eigenvalue weighted by Crippen LogP contribution is -2.57.